The maximum atomic E-state index is 4.26. The van der Waals surface area contributed by atoms with Crippen LogP contribution in [0, 0.1) is 0 Å². The quantitative estimate of drug-likeness (QED) is 0.886. The summed E-state index contributed by atoms with van der Waals surface area (Å²) in [6.45, 7) is 2.87. The molecular formula is C14H17N3S. The molecule has 0 fully saturated rings. The molecule has 1 aromatic carbocycles. The predicted octanol–water partition coefficient (Wildman–Crippen LogP) is 2.79. The standard InChI is InChI=1S/C14H17N3S/c1-2-12-8-11(3-4-13(12)16-5-1)9-15-10-14-17-6-7-18-14/h3-4,6-8,15-16H,1-2,5,9-10H2. The molecule has 2 heterocycles. The SMILES string of the molecule is c1csc(CNCc2ccc3c(c2)CCCN3)n1. The number of hydrogen-bond acceptors (Lipinski definition) is 4. The van der Waals surface area contributed by atoms with Gasteiger partial charge in [0.25, 0.3) is 0 Å². The number of nitrogens with zero attached hydrogens (tertiary/aromatic N) is 1. The lowest BCUT2D eigenvalue weighted by atomic mass is 10.0. The van der Waals surface area contributed by atoms with Crippen molar-refractivity contribution in [1.82, 2.24) is 10.3 Å². The van der Waals surface area contributed by atoms with Crippen LogP contribution in [0.25, 0.3) is 0 Å². The Morgan fingerprint density at radius 2 is 2.33 bits per heavy atom. The zero-order valence-corrected chi connectivity index (χ0v) is 11.1. The van der Waals surface area contributed by atoms with Gasteiger partial charge < -0.3 is 10.6 Å². The van der Waals surface area contributed by atoms with E-state index in [0.29, 0.717) is 0 Å². The van der Waals surface area contributed by atoms with Gasteiger partial charge in [0.05, 0.1) is 0 Å². The summed E-state index contributed by atoms with van der Waals surface area (Å²) in [4.78, 5) is 4.26. The number of thiazole rings is 1. The van der Waals surface area contributed by atoms with Crippen LogP contribution in [0.1, 0.15) is 22.6 Å². The zero-order chi connectivity index (χ0) is 12.2. The van der Waals surface area contributed by atoms with Gasteiger partial charge in [0, 0.05) is 36.9 Å². The average Bonchev–Trinajstić information content (AvgIpc) is 2.92. The molecule has 2 N–H and O–H groups in total. The van der Waals surface area contributed by atoms with E-state index >= 15 is 0 Å². The molecule has 94 valence electrons. The highest BCUT2D eigenvalue weighted by Gasteiger charge is 2.08. The van der Waals surface area contributed by atoms with E-state index in [-0.39, 0.29) is 0 Å². The number of fused-ring (bicyclic) bond motifs is 1. The van der Waals surface area contributed by atoms with Gasteiger partial charge in [-0.05, 0) is 30.0 Å². The fraction of sp³-hybridized carbons (Fsp3) is 0.357. The molecular weight excluding hydrogens is 242 g/mol. The molecule has 0 radical (unpaired) electrons. The molecule has 1 aromatic heterocycles. The third-order valence-corrected chi connectivity index (χ3v) is 3.98. The number of benzene rings is 1. The van der Waals surface area contributed by atoms with E-state index < -0.39 is 0 Å². The van der Waals surface area contributed by atoms with Crippen LogP contribution in [0.2, 0.25) is 0 Å². The molecule has 0 aliphatic carbocycles. The highest BCUT2D eigenvalue weighted by atomic mass is 32.1. The minimum atomic E-state index is 0.854. The average molecular weight is 259 g/mol. The summed E-state index contributed by atoms with van der Waals surface area (Å²) in [5, 5.41) is 10.0. The highest BCUT2D eigenvalue weighted by molar-refractivity contribution is 7.09. The fourth-order valence-corrected chi connectivity index (χ4v) is 2.88. The van der Waals surface area contributed by atoms with Crippen molar-refractivity contribution in [3.8, 4) is 0 Å². The van der Waals surface area contributed by atoms with Crippen LogP contribution in [0.15, 0.2) is 29.8 Å². The van der Waals surface area contributed by atoms with Crippen molar-refractivity contribution in [3.05, 3.63) is 45.9 Å². The highest BCUT2D eigenvalue weighted by Crippen LogP contribution is 2.22. The van der Waals surface area contributed by atoms with Crippen molar-refractivity contribution in [2.24, 2.45) is 0 Å². The first-order valence-electron chi connectivity index (χ1n) is 6.36. The Balaban J connectivity index is 1.59. The first-order valence-corrected chi connectivity index (χ1v) is 7.24. The van der Waals surface area contributed by atoms with Crippen molar-refractivity contribution in [3.63, 3.8) is 0 Å². The minimum Gasteiger partial charge on any atom is -0.385 e. The van der Waals surface area contributed by atoms with Gasteiger partial charge >= 0.3 is 0 Å². The first kappa shape index (κ1) is 11.7. The second-order valence-corrected chi connectivity index (χ2v) is 5.53. The largest absolute Gasteiger partial charge is 0.385 e. The Morgan fingerprint density at radius 3 is 3.22 bits per heavy atom. The topological polar surface area (TPSA) is 37.0 Å². The number of aromatic nitrogens is 1. The first-order chi connectivity index (χ1) is 8.92. The van der Waals surface area contributed by atoms with Gasteiger partial charge in [0.15, 0.2) is 0 Å². The van der Waals surface area contributed by atoms with E-state index in [0.717, 1.165) is 24.6 Å². The van der Waals surface area contributed by atoms with Crippen LogP contribution < -0.4 is 10.6 Å². The second kappa shape index (κ2) is 5.50. The van der Waals surface area contributed by atoms with Crippen LogP contribution in [0.4, 0.5) is 5.69 Å². The number of hydrogen-bond donors (Lipinski definition) is 2. The Hall–Kier alpha value is -1.39. The molecule has 0 saturated heterocycles. The van der Waals surface area contributed by atoms with E-state index in [1.54, 1.807) is 11.3 Å². The lowest BCUT2D eigenvalue weighted by molar-refractivity contribution is 0.688. The third-order valence-electron chi connectivity index (χ3n) is 3.20. The zero-order valence-electron chi connectivity index (χ0n) is 10.3. The van der Waals surface area contributed by atoms with Crippen LogP contribution in [-0.2, 0) is 19.5 Å². The third kappa shape index (κ3) is 2.71. The molecule has 3 nitrogen and oxygen atoms in total. The van der Waals surface area contributed by atoms with E-state index in [1.165, 1.54) is 29.7 Å². The molecule has 2 aromatic rings. The number of anilines is 1. The van der Waals surface area contributed by atoms with Gasteiger partial charge in [-0.1, -0.05) is 12.1 Å². The van der Waals surface area contributed by atoms with Crippen molar-refractivity contribution in [2.45, 2.75) is 25.9 Å². The van der Waals surface area contributed by atoms with E-state index in [2.05, 4.69) is 33.8 Å². The van der Waals surface area contributed by atoms with Crippen molar-refractivity contribution in [1.29, 1.82) is 0 Å². The van der Waals surface area contributed by atoms with Gasteiger partial charge in [-0.2, -0.15) is 0 Å². The Kier molecular flexibility index (Phi) is 3.57. The van der Waals surface area contributed by atoms with Crippen molar-refractivity contribution >= 4 is 17.0 Å². The lowest BCUT2D eigenvalue weighted by Crippen LogP contribution is -2.15. The van der Waals surface area contributed by atoms with Gasteiger partial charge in [-0.3, -0.25) is 0 Å². The van der Waals surface area contributed by atoms with Gasteiger partial charge in [-0.25, -0.2) is 4.98 Å². The molecule has 3 rings (SSSR count). The lowest BCUT2D eigenvalue weighted by Gasteiger charge is -2.18. The number of aryl methyl sites for hydroxylation is 1. The molecule has 0 atom stereocenters. The van der Waals surface area contributed by atoms with E-state index in [1.807, 2.05) is 11.6 Å². The summed E-state index contributed by atoms with van der Waals surface area (Å²) in [7, 11) is 0. The summed E-state index contributed by atoms with van der Waals surface area (Å²) < 4.78 is 0. The van der Waals surface area contributed by atoms with Crippen molar-refractivity contribution < 1.29 is 0 Å². The summed E-state index contributed by atoms with van der Waals surface area (Å²) >= 11 is 1.70. The van der Waals surface area contributed by atoms with Crippen LogP contribution in [0.3, 0.4) is 0 Å². The molecule has 0 unspecified atom stereocenters. The van der Waals surface area contributed by atoms with E-state index in [9.17, 15) is 0 Å². The van der Waals surface area contributed by atoms with Crippen LogP contribution in [0.5, 0.6) is 0 Å². The van der Waals surface area contributed by atoms with E-state index in [4.69, 9.17) is 0 Å². The fourth-order valence-electron chi connectivity index (χ4n) is 2.29. The smallest absolute Gasteiger partial charge is 0.106 e. The van der Waals surface area contributed by atoms with Gasteiger partial charge in [-0.15, -0.1) is 11.3 Å². The van der Waals surface area contributed by atoms with Crippen LogP contribution in [-0.4, -0.2) is 11.5 Å². The number of rotatable bonds is 4. The van der Waals surface area contributed by atoms with Crippen molar-refractivity contribution in [2.75, 3.05) is 11.9 Å². The monoisotopic (exact) mass is 259 g/mol. The molecule has 1 aliphatic heterocycles. The summed E-state index contributed by atoms with van der Waals surface area (Å²) in [6, 6.07) is 6.72. The second-order valence-electron chi connectivity index (χ2n) is 4.55. The Bertz CT molecular complexity index is 508. The Morgan fingerprint density at radius 1 is 1.33 bits per heavy atom. The molecule has 0 spiro atoms. The van der Waals surface area contributed by atoms with Gasteiger partial charge in [0.2, 0.25) is 0 Å². The maximum absolute atomic E-state index is 4.26. The van der Waals surface area contributed by atoms with Gasteiger partial charge in [0.1, 0.15) is 5.01 Å². The molecule has 1 aliphatic rings. The predicted molar refractivity (Wildman–Crippen MR) is 75.9 cm³/mol. The summed E-state index contributed by atoms with van der Waals surface area (Å²) in [5.41, 5.74) is 4.12. The molecule has 0 saturated carbocycles. The molecule has 0 amide bonds. The number of nitrogens with one attached hydrogen (secondary N) is 2. The maximum Gasteiger partial charge on any atom is 0.106 e. The molecule has 18 heavy (non-hydrogen) atoms. The summed E-state index contributed by atoms with van der Waals surface area (Å²) in [5.74, 6) is 0. The summed E-state index contributed by atoms with van der Waals surface area (Å²) in [6.07, 6.45) is 4.29. The molecule has 4 heteroatoms. The normalized spacial score (nSPS) is 14.0. The minimum absolute atomic E-state index is 0.854. The van der Waals surface area contributed by atoms with Crippen LogP contribution >= 0.6 is 11.3 Å². The Labute approximate surface area is 111 Å². The molecule has 0 bridgehead atoms.